The van der Waals surface area contributed by atoms with E-state index >= 15 is 0 Å². The quantitative estimate of drug-likeness (QED) is 0.162. The molecule has 0 fully saturated rings. The van der Waals surface area contributed by atoms with E-state index in [9.17, 15) is 0 Å². The average molecular weight is 698 g/mol. The first-order chi connectivity index (χ1) is 27.3. The lowest BCUT2D eigenvalue weighted by Crippen LogP contribution is -2.12. The summed E-state index contributed by atoms with van der Waals surface area (Å²) < 4.78 is 0. The van der Waals surface area contributed by atoms with Crippen LogP contribution in [0.5, 0.6) is 0 Å². The molecule has 256 valence electrons. The summed E-state index contributed by atoms with van der Waals surface area (Å²) in [5.41, 5.74) is 8.20. The molecular formula is C54H35N. The third kappa shape index (κ3) is 5.16. The molecule has 0 aromatic heterocycles. The minimum absolute atomic E-state index is 1.12. The van der Waals surface area contributed by atoms with Crippen LogP contribution in [-0.4, -0.2) is 0 Å². The third-order valence-electron chi connectivity index (χ3n) is 11.4. The second-order valence-corrected chi connectivity index (χ2v) is 14.5. The fourth-order valence-electron chi connectivity index (χ4n) is 8.79. The van der Waals surface area contributed by atoms with Crippen molar-refractivity contribution in [3.05, 3.63) is 212 Å². The van der Waals surface area contributed by atoms with Gasteiger partial charge in [-0.1, -0.05) is 182 Å². The standard InChI is InChI=1S/C54H35N/c1-2-12-36(13-3-1)46-17-10-11-21-52(46)55(43-31-30-39-23-22-37-14-4-6-16-44(37)50(39)35-43)53-33-32-45(48-19-8-9-20-49(48)53)42-29-26-40-25-28-41-27-24-38-15-5-7-18-47(38)54(41)51(40)34-42/h1-35H. The first-order valence-corrected chi connectivity index (χ1v) is 19.0. The predicted molar refractivity (Wildman–Crippen MR) is 237 cm³/mol. The zero-order valence-corrected chi connectivity index (χ0v) is 30.2. The number of nitrogens with zero attached hydrogens (tertiary/aromatic N) is 1. The fraction of sp³-hybridized carbons (Fsp3) is 0. The van der Waals surface area contributed by atoms with Gasteiger partial charge < -0.3 is 4.90 Å². The molecule has 0 saturated heterocycles. The number of anilines is 3. The number of para-hydroxylation sites is 1. The van der Waals surface area contributed by atoms with E-state index in [1.54, 1.807) is 0 Å². The zero-order chi connectivity index (χ0) is 36.3. The molecule has 11 rings (SSSR count). The molecule has 0 aliphatic rings. The lowest BCUT2D eigenvalue weighted by atomic mass is 9.91. The Morgan fingerprint density at radius 1 is 0.255 bits per heavy atom. The van der Waals surface area contributed by atoms with Gasteiger partial charge in [0.1, 0.15) is 0 Å². The van der Waals surface area contributed by atoms with Crippen LogP contribution in [0.25, 0.3) is 86.9 Å². The van der Waals surface area contributed by atoms with Crippen molar-refractivity contribution in [2.75, 3.05) is 4.90 Å². The van der Waals surface area contributed by atoms with Crippen molar-refractivity contribution in [2.24, 2.45) is 0 Å². The monoisotopic (exact) mass is 697 g/mol. The van der Waals surface area contributed by atoms with Crippen LogP contribution in [0.4, 0.5) is 17.1 Å². The van der Waals surface area contributed by atoms with E-state index in [-0.39, 0.29) is 0 Å². The molecule has 0 bridgehead atoms. The van der Waals surface area contributed by atoms with Crippen molar-refractivity contribution in [1.29, 1.82) is 0 Å². The Hall–Kier alpha value is -7.22. The van der Waals surface area contributed by atoms with Crippen molar-refractivity contribution in [2.45, 2.75) is 0 Å². The number of hydrogen-bond acceptors (Lipinski definition) is 1. The number of fused-ring (bicyclic) bond motifs is 9. The summed E-state index contributed by atoms with van der Waals surface area (Å²) in [6.45, 7) is 0. The Morgan fingerprint density at radius 2 is 0.818 bits per heavy atom. The Bertz CT molecular complexity index is 3260. The molecule has 0 amide bonds. The Balaban J connectivity index is 1.16. The van der Waals surface area contributed by atoms with E-state index in [1.807, 2.05) is 0 Å². The molecule has 0 aliphatic carbocycles. The topological polar surface area (TPSA) is 3.24 Å². The molecule has 55 heavy (non-hydrogen) atoms. The maximum atomic E-state index is 2.47. The number of benzene rings is 11. The van der Waals surface area contributed by atoms with E-state index in [2.05, 4.69) is 217 Å². The van der Waals surface area contributed by atoms with Gasteiger partial charge in [-0.05, 0) is 106 Å². The van der Waals surface area contributed by atoms with Gasteiger partial charge >= 0.3 is 0 Å². The lowest BCUT2D eigenvalue weighted by Gasteiger charge is -2.30. The highest BCUT2D eigenvalue weighted by molar-refractivity contribution is 6.21. The van der Waals surface area contributed by atoms with Crippen molar-refractivity contribution in [1.82, 2.24) is 0 Å². The largest absolute Gasteiger partial charge is 0.309 e. The van der Waals surface area contributed by atoms with Gasteiger partial charge in [-0.15, -0.1) is 0 Å². The molecule has 1 nitrogen and oxygen atoms in total. The summed E-state index contributed by atoms with van der Waals surface area (Å²) in [4.78, 5) is 2.47. The van der Waals surface area contributed by atoms with Crippen molar-refractivity contribution in [3.63, 3.8) is 0 Å². The van der Waals surface area contributed by atoms with Crippen LogP contribution in [0.1, 0.15) is 0 Å². The molecule has 11 aromatic rings. The van der Waals surface area contributed by atoms with Crippen LogP contribution in [0, 0.1) is 0 Å². The lowest BCUT2D eigenvalue weighted by molar-refractivity contribution is 1.30. The molecule has 0 aliphatic heterocycles. The maximum Gasteiger partial charge on any atom is 0.0540 e. The van der Waals surface area contributed by atoms with Gasteiger partial charge in [0.05, 0.1) is 11.4 Å². The van der Waals surface area contributed by atoms with Crippen LogP contribution in [0.15, 0.2) is 212 Å². The molecule has 0 N–H and O–H groups in total. The molecule has 0 unspecified atom stereocenters. The molecular weight excluding hydrogens is 663 g/mol. The van der Waals surface area contributed by atoms with E-state index in [0.717, 1.165) is 17.1 Å². The van der Waals surface area contributed by atoms with E-state index in [1.165, 1.54) is 86.9 Å². The molecule has 0 atom stereocenters. The van der Waals surface area contributed by atoms with Crippen molar-refractivity contribution >= 4 is 81.7 Å². The van der Waals surface area contributed by atoms with Crippen molar-refractivity contribution in [3.8, 4) is 22.3 Å². The minimum Gasteiger partial charge on any atom is -0.309 e. The third-order valence-corrected chi connectivity index (χ3v) is 11.4. The first-order valence-electron chi connectivity index (χ1n) is 19.0. The summed E-state index contributed by atoms with van der Waals surface area (Å²) in [5, 5.41) is 15.1. The molecule has 0 radical (unpaired) electrons. The summed E-state index contributed by atoms with van der Waals surface area (Å²) in [6.07, 6.45) is 0. The summed E-state index contributed by atoms with van der Waals surface area (Å²) in [6, 6.07) is 77.9. The van der Waals surface area contributed by atoms with Gasteiger partial charge in [-0.3, -0.25) is 0 Å². The molecule has 0 spiro atoms. The Kier molecular flexibility index (Phi) is 7.25. The number of rotatable bonds is 5. The number of hydrogen-bond donors (Lipinski definition) is 0. The van der Waals surface area contributed by atoms with Crippen LogP contribution >= 0.6 is 0 Å². The average Bonchev–Trinajstić information content (AvgIpc) is 3.26. The van der Waals surface area contributed by atoms with Gasteiger partial charge in [0.25, 0.3) is 0 Å². The highest BCUT2D eigenvalue weighted by Gasteiger charge is 2.21. The normalized spacial score (nSPS) is 11.6. The highest BCUT2D eigenvalue weighted by atomic mass is 15.1. The Labute approximate surface area is 320 Å². The van der Waals surface area contributed by atoms with Gasteiger partial charge in [-0.25, -0.2) is 0 Å². The second kappa shape index (κ2) is 12.7. The molecule has 11 aromatic carbocycles. The van der Waals surface area contributed by atoms with Crippen LogP contribution in [-0.2, 0) is 0 Å². The van der Waals surface area contributed by atoms with Crippen LogP contribution < -0.4 is 4.90 Å². The summed E-state index contributed by atoms with van der Waals surface area (Å²) in [5.74, 6) is 0. The molecule has 0 saturated carbocycles. The van der Waals surface area contributed by atoms with E-state index in [0.29, 0.717) is 0 Å². The second-order valence-electron chi connectivity index (χ2n) is 14.5. The van der Waals surface area contributed by atoms with Gasteiger partial charge in [0.2, 0.25) is 0 Å². The predicted octanol–water partition coefficient (Wildman–Crippen LogP) is 15.4. The van der Waals surface area contributed by atoms with Gasteiger partial charge in [0.15, 0.2) is 0 Å². The Morgan fingerprint density at radius 3 is 1.62 bits per heavy atom. The highest BCUT2D eigenvalue weighted by Crippen LogP contribution is 2.46. The van der Waals surface area contributed by atoms with Crippen LogP contribution in [0.3, 0.4) is 0 Å². The minimum atomic E-state index is 1.12. The SMILES string of the molecule is c1ccc(-c2ccccc2N(c2ccc3ccc4ccccc4c3c2)c2ccc(-c3ccc4ccc5ccc6ccccc6c5c4c3)c3ccccc23)cc1. The van der Waals surface area contributed by atoms with Gasteiger partial charge in [-0.2, -0.15) is 0 Å². The van der Waals surface area contributed by atoms with Crippen molar-refractivity contribution < 1.29 is 0 Å². The summed E-state index contributed by atoms with van der Waals surface area (Å²) >= 11 is 0. The van der Waals surface area contributed by atoms with Crippen LogP contribution in [0.2, 0.25) is 0 Å². The maximum absolute atomic E-state index is 2.47. The molecule has 0 heterocycles. The fourth-order valence-corrected chi connectivity index (χ4v) is 8.79. The van der Waals surface area contributed by atoms with E-state index < -0.39 is 0 Å². The smallest absolute Gasteiger partial charge is 0.0540 e. The summed E-state index contributed by atoms with van der Waals surface area (Å²) in [7, 11) is 0. The zero-order valence-electron chi connectivity index (χ0n) is 30.2. The first kappa shape index (κ1) is 31.3. The van der Waals surface area contributed by atoms with E-state index in [4.69, 9.17) is 0 Å². The molecule has 1 heteroatoms. The van der Waals surface area contributed by atoms with Gasteiger partial charge in [0, 0.05) is 16.6 Å².